The fourth-order valence-electron chi connectivity index (χ4n) is 3.84. The Morgan fingerprint density at radius 2 is 1.62 bits per heavy atom. The zero-order chi connectivity index (χ0) is 30.7. The highest BCUT2D eigenvalue weighted by molar-refractivity contribution is 8.14. The Balaban J connectivity index is 1.88. The van der Waals surface area contributed by atoms with Gasteiger partial charge in [0, 0.05) is 35.7 Å². The molecule has 2 N–H and O–H groups in total. The Labute approximate surface area is 246 Å². The average Bonchev–Trinajstić information content (AvgIpc) is 2.95. The molecule has 12 nitrogen and oxygen atoms in total. The van der Waals surface area contributed by atoms with Gasteiger partial charge < -0.3 is 20.1 Å². The summed E-state index contributed by atoms with van der Waals surface area (Å²) in [6.45, 7) is 0. The lowest BCUT2D eigenvalue weighted by Gasteiger charge is -2.14. The predicted octanol–water partition coefficient (Wildman–Crippen LogP) is 5.43. The van der Waals surface area contributed by atoms with Crippen molar-refractivity contribution >= 4 is 69.8 Å². The lowest BCUT2D eigenvalue weighted by molar-refractivity contribution is 0.102. The van der Waals surface area contributed by atoms with Crippen molar-refractivity contribution in [2.75, 3.05) is 26.5 Å². The van der Waals surface area contributed by atoms with E-state index in [1.54, 1.807) is 44.4 Å². The summed E-state index contributed by atoms with van der Waals surface area (Å²) in [7, 11) is 1.84. The van der Waals surface area contributed by atoms with E-state index in [1.165, 1.54) is 54.5 Å². The van der Waals surface area contributed by atoms with Gasteiger partial charge in [-0.1, -0.05) is 18.2 Å². The number of ether oxygens (including phenoxy) is 1. The Morgan fingerprint density at radius 3 is 2.26 bits per heavy atom. The first-order valence-corrected chi connectivity index (χ1v) is 15.7. The van der Waals surface area contributed by atoms with Crippen molar-refractivity contribution in [3.8, 4) is 11.5 Å². The molecule has 0 unspecified atom stereocenters. The third-order valence-corrected chi connectivity index (χ3v) is 8.34. The number of methoxy groups -OCH3 is 1. The number of hydrogen-bond acceptors (Lipinski definition) is 9. The monoisotopic (exact) mass is 629 g/mol. The van der Waals surface area contributed by atoms with Crippen LogP contribution < -0.4 is 10.1 Å². The van der Waals surface area contributed by atoms with E-state index in [4.69, 9.17) is 15.4 Å². The van der Waals surface area contributed by atoms with E-state index in [9.17, 15) is 26.7 Å². The number of anilines is 1. The Kier molecular flexibility index (Phi) is 8.80. The van der Waals surface area contributed by atoms with Crippen LogP contribution in [0.3, 0.4) is 0 Å². The number of fused-ring (bicyclic) bond motifs is 1. The van der Waals surface area contributed by atoms with Gasteiger partial charge in [-0.3, -0.25) is 4.79 Å². The molecule has 0 aliphatic carbocycles. The topological polar surface area (TPSA) is 167 Å². The van der Waals surface area contributed by atoms with Crippen molar-refractivity contribution in [3.05, 3.63) is 78.4 Å². The summed E-state index contributed by atoms with van der Waals surface area (Å²) in [5.41, 5.74) is 0.344. The van der Waals surface area contributed by atoms with Crippen LogP contribution in [0.25, 0.3) is 10.8 Å². The first kappa shape index (κ1) is 30.4. The maximum absolute atomic E-state index is 12.9. The van der Waals surface area contributed by atoms with Gasteiger partial charge in [-0.15, -0.1) is 14.6 Å². The molecule has 4 rings (SSSR count). The SMILES string of the molecule is COc1ccc(S(=O)(=O)N=CN(C)C)cc1N=Nc1ccc(O)c2c(NC(=O)c3ccccc3)ccc(S(=O)(=O)Cl)c12. The smallest absolute Gasteiger partial charge is 0.283 e. The van der Waals surface area contributed by atoms with Crippen molar-refractivity contribution in [1.29, 1.82) is 0 Å². The molecule has 0 saturated heterocycles. The van der Waals surface area contributed by atoms with Gasteiger partial charge in [0.05, 0.1) is 33.7 Å². The highest BCUT2D eigenvalue weighted by Crippen LogP contribution is 2.43. The fourth-order valence-corrected chi connectivity index (χ4v) is 5.84. The summed E-state index contributed by atoms with van der Waals surface area (Å²) in [6, 6.07) is 17.1. The van der Waals surface area contributed by atoms with Gasteiger partial charge in [0.15, 0.2) is 0 Å². The van der Waals surface area contributed by atoms with Gasteiger partial charge in [-0.05, 0) is 54.6 Å². The van der Waals surface area contributed by atoms with Crippen molar-refractivity contribution in [2.45, 2.75) is 9.79 Å². The molecule has 1 amide bonds. The lowest BCUT2D eigenvalue weighted by Crippen LogP contribution is -2.12. The molecule has 0 heterocycles. The van der Waals surface area contributed by atoms with Crippen LogP contribution >= 0.6 is 10.7 Å². The maximum Gasteiger partial charge on any atom is 0.283 e. The number of aromatic hydroxyl groups is 1. The number of azo groups is 1. The van der Waals surface area contributed by atoms with Crippen molar-refractivity contribution < 1.29 is 31.5 Å². The molecule has 0 aromatic heterocycles. The minimum atomic E-state index is -4.38. The van der Waals surface area contributed by atoms with Crippen LogP contribution in [0, 0.1) is 0 Å². The lowest BCUT2D eigenvalue weighted by atomic mass is 10.1. The number of nitrogens with zero attached hydrogens (tertiary/aromatic N) is 4. The second kappa shape index (κ2) is 12.1. The van der Waals surface area contributed by atoms with E-state index in [1.807, 2.05) is 0 Å². The number of carbonyl (C=O) groups is 1. The molecule has 4 aromatic carbocycles. The molecule has 218 valence electrons. The van der Waals surface area contributed by atoms with E-state index in [0.29, 0.717) is 5.56 Å². The molecule has 42 heavy (non-hydrogen) atoms. The zero-order valence-electron chi connectivity index (χ0n) is 22.4. The molecule has 0 fully saturated rings. The number of sulfonamides is 1. The first-order valence-electron chi connectivity index (χ1n) is 12.0. The number of amides is 1. The molecule has 0 spiro atoms. The molecular formula is C27H24ClN5O7S2. The minimum Gasteiger partial charge on any atom is -0.507 e. The van der Waals surface area contributed by atoms with E-state index in [2.05, 4.69) is 19.9 Å². The van der Waals surface area contributed by atoms with Gasteiger partial charge in [0.25, 0.3) is 25.0 Å². The number of hydrogen-bond donors (Lipinski definition) is 2. The molecule has 0 bridgehead atoms. The third kappa shape index (κ3) is 6.67. The molecule has 0 aliphatic rings. The highest BCUT2D eigenvalue weighted by atomic mass is 35.7. The second-order valence-electron chi connectivity index (χ2n) is 8.92. The molecule has 4 aromatic rings. The summed E-state index contributed by atoms with van der Waals surface area (Å²) in [5.74, 6) is -0.707. The number of phenolic OH excluding ortho intramolecular Hbond substituents is 1. The first-order chi connectivity index (χ1) is 19.8. The zero-order valence-corrected chi connectivity index (χ0v) is 24.8. The Morgan fingerprint density at radius 1 is 0.929 bits per heavy atom. The number of rotatable bonds is 9. The van der Waals surface area contributed by atoms with E-state index in [-0.39, 0.29) is 44.2 Å². The molecule has 0 saturated carbocycles. The van der Waals surface area contributed by atoms with Crippen LogP contribution in [0.1, 0.15) is 10.4 Å². The normalized spacial score (nSPS) is 12.2. The van der Waals surface area contributed by atoms with Crippen molar-refractivity contribution in [2.24, 2.45) is 14.6 Å². The maximum atomic E-state index is 12.9. The Bertz CT molecular complexity index is 1950. The number of nitrogens with one attached hydrogen (secondary N) is 1. The van der Waals surface area contributed by atoms with E-state index < -0.39 is 29.9 Å². The number of phenols is 1. The van der Waals surface area contributed by atoms with Crippen molar-refractivity contribution in [3.63, 3.8) is 0 Å². The summed E-state index contributed by atoms with van der Waals surface area (Å²) >= 11 is 0. The van der Waals surface area contributed by atoms with Gasteiger partial charge in [-0.25, -0.2) is 8.42 Å². The molecule has 0 atom stereocenters. The quantitative estimate of drug-likeness (QED) is 0.107. The minimum absolute atomic E-state index is 0.0105. The van der Waals surface area contributed by atoms with Crippen LogP contribution in [-0.2, 0) is 19.1 Å². The molecule has 0 radical (unpaired) electrons. The number of benzene rings is 4. The summed E-state index contributed by atoms with van der Waals surface area (Å²) in [5, 5.41) is 21.5. The number of carbonyl (C=O) groups excluding carboxylic acids is 1. The average molecular weight is 630 g/mol. The molecular weight excluding hydrogens is 606 g/mol. The number of halogens is 1. The van der Waals surface area contributed by atoms with E-state index >= 15 is 0 Å². The van der Waals surface area contributed by atoms with Crippen LogP contribution in [0.5, 0.6) is 11.5 Å². The Hall–Kier alpha value is -4.53. The fraction of sp³-hybridized carbons (Fsp3) is 0.111. The third-order valence-electron chi connectivity index (χ3n) is 5.76. The van der Waals surface area contributed by atoms with Crippen LogP contribution in [-0.4, -0.2) is 60.3 Å². The van der Waals surface area contributed by atoms with Gasteiger partial charge in [-0.2, -0.15) is 8.42 Å². The highest BCUT2D eigenvalue weighted by Gasteiger charge is 2.23. The largest absolute Gasteiger partial charge is 0.507 e. The molecule has 0 aliphatic heterocycles. The summed E-state index contributed by atoms with van der Waals surface area (Å²) in [6.07, 6.45) is 1.13. The van der Waals surface area contributed by atoms with Crippen LogP contribution in [0.4, 0.5) is 17.1 Å². The van der Waals surface area contributed by atoms with Gasteiger partial charge in [0.1, 0.15) is 23.5 Å². The van der Waals surface area contributed by atoms with E-state index in [0.717, 1.165) is 6.34 Å². The van der Waals surface area contributed by atoms with Crippen LogP contribution in [0.15, 0.2) is 97.2 Å². The van der Waals surface area contributed by atoms with Gasteiger partial charge >= 0.3 is 0 Å². The van der Waals surface area contributed by atoms with Crippen LogP contribution in [0.2, 0.25) is 0 Å². The van der Waals surface area contributed by atoms with Crippen molar-refractivity contribution in [1.82, 2.24) is 4.90 Å². The summed E-state index contributed by atoms with van der Waals surface area (Å²) in [4.78, 5) is 13.7. The second-order valence-corrected chi connectivity index (χ2v) is 13.1. The van der Waals surface area contributed by atoms with Gasteiger partial charge in [0.2, 0.25) is 0 Å². The standard InChI is InChI=1S/C27H24ClN5O7S2/c1-33(2)16-29-42(38,39)18-9-13-23(40-3)21(15-18)32-31-20-10-12-22(34)25-19(11-14-24(26(20)25)41(28,36)37)30-27(35)17-7-5-4-6-8-17/h4-16,34H,1-3H3,(H,30,35). The predicted molar refractivity (Wildman–Crippen MR) is 160 cm³/mol. The molecule has 15 heteroatoms. The summed E-state index contributed by atoms with van der Waals surface area (Å²) < 4.78 is 59.3.